The van der Waals surface area contributed by atoms with E-state index in [1.807, 2.05) is 34.6 Å². The molecule has 0 unspecified atom stereocenters. The second kappa shape index (κ2) is 16.1. The molecule has 1 rings (SSSR count). The van der Waals surface area contributed by atoms with Gasteiger partial charge in [-0.1, -0.05) is 26.0 Å². The van der Waals surface area contributed by atoms with Crippen LogP contribution in [0.15, 0.2) is 24.3 Å². The normalized spacial score (nSPS) is 13.2. The lowest BCUT2D eigenvalue weighted by molar-refractivity contribution is -0.154. The molecule has 11 heteroatoms. The van der Waals surface area contributed by atoms with Crippen LogP contribution < -0.4 is 27.0 Å². The molecule has 4 amide bonds. The average molecular weight is 576 g/mol. The van der Waals surface area contributed by atoms with Gasteiger partial charge in [0.1, 0.15) is 6.61 Å². The van der Waals surface area contributed by atoms with Gasteiger partial charge in [-0.3, -0.25) is 19.2 Å². The number of nitrogens with two attached hydrogens (primary N) is 1. The Labute approximate surface area is 244 Å². The van der Waals surface area contributed by atoms with Gasteiger partial charge >= 0.3 is 12.0 Å². The van der Waals surface area contributed by atoms with Crippen LogP contribution in [0.2, 0.25) is 0 Å². The highest BCUT2D eigenvalue weighted by Crippen LogP contribution is 2.20. The molecular formula is C30H49N5O6. The van der Waals surface area contributed by atoms with Crippen LogP contribution in [0.25, 0.3) is 0 Å². The van der Waals surface area contributed by atoms with E-state index in [4.69, 9.17) is 10.5 Å². The third-order valence-corrected chi connectivity index (χ3v) is 6.16. The zero-order valence-electron chi connectivity index (χ0n) is 25.8. The molecule has 0 aliphatic carbocycles. The topological polar surface area (TPSA) is 169 Å². The Morgan fingerprint density at radius 1 is 0.951 bits per heavy atom. The van der Waals surface area contributed by atoms with Gasteiger partial charge in [0.25, 0.3) is 0 Å². The quantitative estimate of drug-likeness (QED) is 0.158. The van der Waals surface area contributed by atoms with Crippen LogP contribution in [0.5, 0.6) is 0 Å². The molecule has 0 aliphatic rings. The number of amides is 4. The highest BCUT2D eigenvalue weighted by atomic mass is 16.5. The van der Waals surface area contributed by atoms with E-state index in [1.165, 1.54) is 0 Å². The van der Waals surface area contributed by atoms with E-state index in [2.05, 4.69) is 21.3 Å². The largest absolute Gasteiger partial charge is 0.460 e. The number of ether oxygens (including phenoxy) is 1. The van der Waals surface area contributed by atoms with Crippen molar-refractivity contribution in [1.82, 2.24) is 16.0 Å². The fraction of sp³-hybridized carbons (Fsp3) is 0.633. The van der Waals surface area contributed by atoms with Crippen molar-refractivity contribution in [3.8, 4) is 0 Å². The minimum Gasteiger partial charge on any atom is -0.460 e. The van der Waals surface area contributed by atoms with Gasteiger partial charge in [0, 0.05) is 30.1 Å². The summed E-state index contributed by atoms with van der Waals surface area (Å²) >= 11 is 0. The molecule has 0 saturated carbocycles. The lowest BCUT2D eigenvalue weighted by Crippen LogP contribution is -2.50. The molecule has 1 aromatic carbocycles. The number of urea groups is 1. The summed E-state index contributed by atoms with van der Waals surface area (Å²) < 4.78 is 5.33. The summed E-state index contributed by atoms with van der Waals surface area (Å²) in [5.74, 6) is -2.09. The molecule has 11 nitrogen and oxygen atoms in total. The van der Waals surface area contributed by atoms with Gasteiger partial charge < -0.3 is 31.7 Å². The van der Waals surface area contributed by atoms with Crippen LogP contribution in [0.4, 0.5) is 10.5 Å². The third kappa shape index (κ3) is 14.6. The Hall–Kier alpha value is -3.47. The summed E-state index contributed by atoms with van der Waals surface area (Å²) in [6.45, 7) is 15.3. The molecule has 6 N–H and O–H groups in total. The maximum atomic E-state index is 13.3. The lowest BCUT2D eigenvalue weighted by atomic mass is 9.89. The van der Waals surface area contributed by atoms with Crippen molar-refractivity contribution >= 4 is 35.3 Å². The predicted molar refractivity (Wildman–Crippen MR) is 159 cm³/mol. The van der Waals surface area contributed by atoms with E-state index in [-0.39, 0.29) is 61.1 Å². The number of Topliss-reactive ketones (excluding diaryl/α,β-unsaturated/α-hetero) is 1. The number of esters is 1. The molecule has 0 spiro atoms. The Balaban J connectivity index is 2.92. The van der Waals surface area contributed by atoms with Crippen LogP contribution in [-0.2, 0) is 30.5 Å². The first kappa shape index (κ1) is 35.6. The van der Waals surface area contributed by atoms with Crippen LogP contribution >= 0.6 is 0 Å². The number of carbonyl (C=O) groups excluding carboxylic acids is 5. The number of anilines is 1. The first-order chi connectivity index (χ1) is 18.9. The second-order valence-corrected chi connectivity index (χ2v) is 12.7. The molecule has 0 saturated heterocycles. The first-order valence-corrected chi connectivity index (χ1v) is 14.1. The summed E-state index contributed by atoms with van der Waals surface area (Å²) in [6.07, 6.45) is 0.669. The van der Waals surface area contributed by atoms with Gasteiger partial charge in [0.2, 0.25) is 11.8 Å². The van der Waals surface area contributed by atoms with Gasteiger partial charge in [0.15, 0.2) is 5.78 Å². The molecule has 230 valence electrons. The van der Waals surface area contributed by atoms with Crippen LogP contribution in [0, 0.1) is 17.3 Å². The van der Waals surface area contributed by atoms with Gasteiger partial charge in [-0.15, -0.1) is 0 Å². The number of rotatable bonds is 15. The molecule has 0 bridgehead atoms. The highest BCUT2D eigenvalue weighted by Gasteiger charge is 2.30. The van der Waals surface area contributed by atoms with Crippen molar-refractivity contribution in [2.45, 2.75) is 92.8 Å². The number of benzene rings is 1. The Morgan fingerprint density at radius 2 is 1.56 bits per heavy atom. The van der Waals surface area contributed by atoms with E-state index in [0.717, 1.165) is 5.56 Å². The van der Waals surface area contributed by atoms with Crippen molar-refractivity contribution in [3.05, 3.63) is 29.8 Å². The van der Waals surface area contributed by atoms with Crippen molar-refractivity contribution in [1.29, 1.82) is 0 Å². The molecule has 1 aromatic rings. The van der Waals surface area contributed by atoms with Gasteiger partial charge in [-0.05, 0) is 78.0 Å². The summed E-state index contributed by atoms with van der Waals surface area (Å²) in [6, 6.07) is 5.48. The van der Waals surface area contributed by atoms with Gasteiger partial charge in [0.05, 0.1) is 18.0 Å². The molecule has 0 aliphatic heterocycles. The van der Waals surface area contributed by atoms with Crippen LogP contribution in [0.1, 0.15) is 80.2 Å². The minimum atomic E-state index is -0.751. The molecule has 41 heavy (non-hydrogen) atoms. The van der Waals surface area contributed by atoms with Crippen molar-refractivity contribution in [2.75, 3.05) is 18.4 Å². The smallest absolute Gasteiger partial charge is 0.312 e. The Morgan fingerprint density at radius 3 is 2.07 bits per heavy atom. The fourth-order valence-corrected chi connectivity index (χ4v) is 3.74. The van der Waals surface area contributed by atoms with E-state index in [1.54, 1.807) is 45.0 Å². The van der Waals surface area contributed by atoms with E-state index in [9.17, 15) is 24.0 Å². The van der Waals surface area contributed by atoms with Gasteiger partial charge in [-0.2, -0.15) is 0 Å². The average Bonchev–Trinajstić information content (AvgIpc) is 2.85. The Kier molecular flexibility index (Phi) is 14.0. The second-order valence-electron chi connectivity index (χ2n) is 12.7. The van der Waals surface area contributed by atoms with E-state index in [0.29, 0.717) is 18.5 Å². The zero-order valence-corrected chi connectivity index (χ0v) is 25.8. The number of carbonyl (C=O) groups is 5. The Bertz CT molecular complexity index is 1040. The summed E-state index contributed by atoms with van der Waals surface area (Å²) in [5.41, 5.74) is 5.57. The third-order valence-electron chi connectivity index (χ3n) is 6.16. The fourth-order valence-electron chi connectivity index (χ4n) is 3.74. The zero-order chi connectivity index (χ0) is 31.4. The number of primary amides is 1. The summed E-state index contributed by atoms with van der Waals surface area (Å²) in [4.78, 5) is 62.2. The lowest BCUT2D eigenvalue weighted by Gasteiger charge is -2.25. The van der Waals surface area contributed by atoms with Crippen LogP contribution in [-0.4, -0.2) is 54.3 Å². The maximum absolute atomic E-state index is 13.3. The highest BCUT2D eigenvalue weighted by molar-refractivity contribution is 5.97. The number of nitrogens with one attached hydrogen (secondary N) is 4. The standard InChI is InChI=1S/C30H49N5O6/c1-19(2)25(35-24(37)17-33-30(6,7)8)23(36)16-21(10-9-15-32-28(31)40)26(38)34-22-13-11-20(12-14-22)18-41-27(39)29(3,4)5/h11-14,19,21,25,33H,9-10,15-18H2,1-8H3,(H,34,38)(H,35,37)(H3,31,32,40)/t21-,25+/m0/s1. The SMILES string of the molecule is CC(C)[C@@H](NC(=O)CNC(C)(C)C)C(=O)C[C@H](CCCNC(N)=O)C(=O)Nc1ccc(COC(=O)C(C)(C)C)cc1. The molecule has 2 atom stereocenters. The molecule has 0 radical (unpaired) electrons. The van der Waals surface area contributed by atoms with Crippen molar-refractivity contribution in [3.63, 3.8) is 0 Å². The van der Waals surface area contributed by atoms with Crippen molar-refractivity contribution in [2.24, 2.45) is 23.0 Å². The number of ketones is 1. The predicted octanol–water partition coefficient (Wildman–Crippen LogP) is 3.27. The summed E-state index contributed by atoms with van der Waals surface area (Å²) in [5, 5.41) is 11.3. The van der Waals surface area contributed by atoms with E-state index < -0.39 is 23.4 Å². The van der Waals surface area contributed by atoms with Crippen LogP contribution in [0.3, 0.4) is 0 Å². The number of hydrogen-bond acceptors (Lipinski definition) is 7. The maximum Gasteiger partial charge on any atom is 0.312 e. The number of hydrogen-bond donors (Lipinski definition) is 5. The van der Waals surface area contributed by atoms with Gasteiger partial charge in [-0.25, -0.2) is 4.79 Å². The summed E-state index contributed by atoms with van der Waals surface area (Å²) in [7, 11) is 0. The van der Waals surface area contributed by atoms with E-state index >= 15 is 0 Å². The molecular weight excluding hydrogens is 526 g/mol. The molecule has 0 aromatic heterocycles. The van der Waals surface area contributed by atoms with Crippen molar-refractivity contribution < 1.29 is 28.7 Å². The first-order valence-electron chi connectivity index (χ1n) is 14.1. The monoisotopic (exact) mass is 575 g/mol. The molecule has 0 heterocycles. The molecule has 0 fully saturated rings. The minimum absolute atomic E-state index is 0.0636.